The zero-order valence-electron chi connectivity index (χ0n) is 19.8. The van der Waals surface area contributed by atoms with Gasteiger partial charge in [-0.3, -0.25) is 9.59 Å². The van der Waals surface area contributed by atoms with Crippen LogP contribution < -0.4 is 15.4 Å². The molecule has 7 heteroatoms. The molecule has 0 aliphatic rings. The average Bonchev–Trinajstić information content (AvgIpc) is 2.90. The maximum atomic E-state index is 13.3. The third kappa shape index (κ3) is 6.47. The van der Waals surface area contributed by atoms with Crippen molar-refractivity contribution in [2.75, 3.05) is 17.7 Å². The van der Waals surface area contributed by atoms with Crippen LogP contribution in [-0.4, -0.2) is 18.9 Å². The summed E-state index contributed by atoms with van der Waals surface area (Å²) < 4.78 is 5.14. The molecule has 182 valence electrons. The summed E-state index contributed by atoms with van der Waals surface area (Å²) in [6.07, 6.45) is 0. The first kappa shape index (κ1) is 25.4. The van der Waals surface area contributed by atoms with Crippen molar-refractivity contribution in [2.45, 2.75) is 17.1 Å². The number of halogens is 1. The van der Waals surface area contributed by atoms with Gasteiger partial charge in [-0.15, -0.1) is 11.8 Å². The van der Waals surface area contributed by atoms with Crippen LogP contribution in [0, 0.1) is 6.92 Å². The molecule has 0 fully saturated rings. The number of anilines is 2. The Bertz CT molecular complexity index is 1340. The van der Waals surface area contributed by atoms with Crippen molar-refractivity contribution in [3.63, 3.8) is 0 Å². The molecule has 0 aromatic heterocycles. The van der Waals surface area contributed by atoms with E-state index in [1.165, 1.54) is 11.8 Å². The van der Waals surface area contributed by atoms with E-state index in [-0.39, 0.29) is 11.8 Å². The standard InChI is InChI=1S/C29H25ClN2O3S/c1-19-8-11-23(18-26(19)30)32-29(34)27(20-6-4-3-5-7-20)36-25-16-12-22(13-17-25)31-28(33)21-9-14-24(35-2)15-10-21/h3-18,27H,1-2H3,(H,31,33)(H,32,34). The van der Waals surface area contributed by atoms with Crippen LogP contribution in [0.25, 0.3) is 0 Å². The minimum Gasteiger partial charge on any atom is -0.497 e. The lowest BCUT2D eigenvalue weighted by Crippen LogP contribution is -2.19. The fraction of sp³-hybridized carbons (Fsp3) is 0.103. The normalized spacial score (nSPS) is 11.4. The summed E-state index contributed by atoms with van der Waals surface area (Å²) in [6.45, 7) is 1.92. The molecule has 4 aromatic rings. The Morgan fingerprint density at radius 2 is 1.50 bits per heavy atom. The Kier molecular flexibility index (Phi) is 8.31. The van der Waals surface area contributed by atoms with Crippen LogP contribution in [0.4, 0.5) is 11.4 Å². The second-order valence-corrected chi connectivity index (χ2v) is 9.65. The number of methoxy groups -OCH3 is 1. The van der Waals surface area contributed by atoms with Gasteiger partial charge in [0.1, 0.15) is 11.0 Å². The SMILES string of the molecule is COc1ccc(C(=O)Nc2ccc(SC(C(=O)Nc3ccc(C)c(Cl)c3)c3ccccc3)cc2)cc1. The molecule has 4 aromatic carbocycles. The Hall–Kier alpha value is -3.74. The number of hydrogen-bond acceptors (Lipinski definition) is 4. The van der Waals surface area contributed by atoms with Crippen molar-refractivity contribution in [2.24, 2.45) is 0 Å². The lowest BCUT2D eigenvalue weighted by molar-refractivity contribution is -0.115. The molecule has 4 rings (SSSR count). The predicted molar refractivity (Wildman–Crippen MR) is 147 cm³/mol. The molecule has 1 unspecified atom stereocenters. The van der Waals surface area contributed by atoms with Gasteiger partial charge in [-0.05, 0) is 78.7 Å². The van der Waals surface area contributed by atoms with Gasteiger partial charge in [0.2, 0.25) is 5.91 Å². The van der Waals surface area contributed by atoms with Crippen LogP contribution in [0.5, 0.6) is 5.75 Å². The van der Waals surface area contributed by atoms with Crippen molar-refractivity contribution in [3.8, 4) is 5.75 Å². The molecule has 2 N–H and O–H groups in total. The van der Waals surface area contributed by atoms with Gasteiger partial charge in [0.25, 0.3) is 5.91 Å². The highest BCUT2D eigenvalue weighted by Gasteiger charge is 2.22. The number of aryl methyl sites for hydroxylation is 1. The summed E-state index contributed by atoms with van der Waals surface area (Å²) in [5.74, 6) is 0.328. The topological polar surface area (TPSA) is 67.4 Å². The maximum Gasteiger partial charge on any atom is 0.255 e. The third-order valence-corrected chi connectivity index (χ3v) is 7.17. The number of amides is 2. The Balaban J connectivity index is 1.47. The second-order valence-electron chi connectivity index (χ2n) is 8.07. The molecule has 0 saturated heterocycles. The first-order valence-corrected chi connectivity index (χ1v) is 12.5. The number of nitrogens with one attached hydrogen (secondary N) is 2. The van der Waals surface area contributed by atoms with Gasteiger partial charge >= 0.3 is 0 Å². The van der Waals surface area contributed by atoms with E-state index in [2.05, 4.69) is 10.6 Å². The molecule has 0 aliphatic heterocycles. The lowest BCUT2D eigenvalue weighted by atomic mass is 10.1. The predicted octanol–water partition coefficient (Wildman–Crippen LogP) is 7.38. The smallest absolute Gasteiger partial charge is 0.255 e. The van der Waals surface area contributed by atoms with E-state index < -0.39 is 5.25 Å². The summed E-state index contributed by atoms with van der Waals surface area (Å²) in [5.41, 5.74) is 3.67. The molecular weight excluding hydrogens is 492 g/mol. The van der Waals surface area contributed by atoms with Gasteiger partial charge < -0.3 is 15.4 Å². The van der Waals surface area contributed by atoms with Crippen molar-refractivity contribution >= 4 is 46.6 Å². The number of rotatable bonds is 8. The van der Waals surface area contributed by atoms with Gasteiger partial charge in [0.15, 0.2) is 0 Å². The summed E-state index contributed by atoms with van der Waals surface area (Å²) in [5, 5.41) is 6.00. The van der Waals surface area contributed by atoms with Crippen molar-refractivity contribution < 1.29 is 14.3 Å². The number of carbonyl (C=O) groups is 2. The third-order valence-electron chi connectivity index (χ3n) is 5.50. The van der Waals surface area contributed by atoms with Gasteiger partial charge in [-0.25, -0.2) is 0 Å². The highest BCUT2D eigenvalue weighted by molar-refractivity contribution is 8.00. The molecule has 5 nitrogen and oxygen atoms in total. The molecule has 0 spiro atoms. The van der Waals surface area contributed by atoms with Crippen molar-refractivity contribution in [1.82, 2.24) is 0 Å². The highest BCUT2D eigenvalue weighted by Crippen LogP contribution is 2.37. The fourth-order valence-electron chi connectivity index (χ4n) is 3.48. The maximum absolute atomic E-state index is 13.3. The fourth-order valence-corrected chi connectivity index (χ4v) is 4.68. The quantitative estimate of drug-likeness (QED) is 0.240. The molecular formula is C29H25ClN2O3S. The van der Waals surface area contributed by atoms with Crippen LogP contribution in [0.2, 0.25) is 5.02 Å². The van der Waals surface area contributed by atoms with E-state index in [1.54, 1.807) is 37.4 Å². The minimum absolute atomic E-state index is 0.150. The van der Waals surface area contributed by atoms with E-state index in [4.69, 9.17) is 16.3 Å². The Morgan fingerprint density at radius 3 is 2.14 bits per heavy atom. The summed E-state index contributed by atoms with van der Waals surface area (Å²) in [6, 6.07) is 29.4. The van der Waals surface area contributed by atoms with Crippen molar-refractivity contribution in [3.05, 3.63) is 119 Å². The number of ether oxygens (including phenoxy) is 1. The van der Waals surface area contributed by atoms with E-state index in [0.29, 0.717) is 27.7 Å². The first-order valence-electron chi connectivity index (χ1n) is 11.3. The largest absolute Gasteiger partial charge is 0.497 e. The number of benzene rings is 4. The van der Waals surface area contributed by atoms with Gasteiger partial charge in [-0.2, -0.15) is 0 Å². The van der Waals surface area contributed by atoms with Gasteiger partial charge in [-0.1, -0.05) is 48.0 Å². The van der Waals surface area contributed by atoms with E-state index in [1.807, 2.05) is 73.7 Å². The molecule has 0 radical (unpaired) electrons. The number of hydrogen-bond donors (Lipinski definition) is 2. The summed E-state index contributed by atoms with van der Waals surface area (Å²) in [4.78, 5) is 26.7. The van der Waals surface area contributed by atoms with Crippen molar-refractivity contribution in [1.29, 1.82) is 0 Å². The second kappa shape index (κ2) is 11.8. The van der Waals surface area contributed by atoms with Crippen LogP contribution in [-0.2, 0) is 4.79 Å². The minimum atomic E-state index is -0.481. The average molecular weight is 517 g/mol. The first-order chi connectivity index (χ1) is 17.4. The van der Waals surface area contributed by atoms with Gasteiger partial charge in [0, 0.05) is 26.9 Å². The van der Waals surface area contributed by atoms with E-state index in [0.717, 1.165) is 16.0 Å². The van der Waals surface area contributed by atoms with Crippen LogP contribution >= 0.6 is 23.4 Å². The molecule has 0 aliphatic carbocycles. The molecule has 1 atom stereocenters. The van der Waals surface area contributed by atoms with E-state index in [9.17, 15) is 9.59 Å². The molecule has 0 saturated carbocycles. The molecule has 0 bridgehead atoms. The zero-order chi connectivity index (χ0) is 25.5. The lowest BCUT2D eigenvalue weighted by Gasteiger charge is -2.18. The Morgan fingerprint density at radius 1 is 0.833 bits per heavy atom. The van der Waals surface area contributed by atoms with E-state index >= 15 is 0 Å². The zero-order valence-corrected chi connectivity index (χ0v) is 21.4. The highest BCUT2D eigenvalue weighted by atomic mass is 35.5. The summed E-state index contributed by atoms with van der Waals surface area (Å²) >= 11 is 7.67. The van der Waals surface area contributed by atoms with Gasteiger partial charge in [0.05, 0.1) is 7.11 Å². The molecule has 36 heavy (non-hydrogen) atoms. The number of thioether (sulfide) groups is 1. The number of carbonyl (C=O) groups excluding carboxylic acids is 2. The monoisotopic (exact) mass is 516 g/mol. The van der Waals surface area contributed by atoms with Crippen LogP contribution in [0.3, 0.4) is 0 Å². The van der Waals surface area contributed by atoms with Crippen LogP contribution in [0.1, 0.15) is 26.7 Å². The molecule has 0 heterocycles. The summed E-state index contributed by atoms with van der Waals surface area (Å²) in [7, 11) is 1.58. The van der Waals surface area contributed by atoms with Crippen LogP contribution in [0.15, 0.2) is 102 Å². The Labute approximate surface area is 219 Å². The molecule has 2 amide bonds.